The first-order chi connectivity index (χ1) is 8.52. The molecule has 0 aromatic carbocycles. The normalized spacial score (nSPS) is 24.3. The predicted molar refractivity (Wildman–Crippen MR) is 75.9 cm³/mol. The molecule has 1 aromatic heterocycles. The number of anilines is 2. The lowest BCUT2D eigenvalue weighted by atomic mass is 9.78. The van der Waals surface area contributed by atoms with Gasteiger partial charge in [-0.2, -0.15) is 4.98 Å². The molecule has 2 N–H and O–H groups in total. The molecule has 2 heterocycles. The number of hydrogen-bond acceptors (Lipinski definition) is 4. The molecule has 1 atom stereocenters. The van der Waals surface area contributed by atoms with Crippen LogP contribution >= 0.6 is 11.6 Å². The first-order valence-electron chi connectivity index (χ1n) is 6.57. The summed E-state index contributed by atoms with van der Waals surface area (Å²) in [5, 5.41) is 0.417. The fraction of sp³-hybridized carbons (Fsp3) is 0.692. The molecule has 1 aromatic rings. The van der Waals surface area contributed by atoms with Crippen LogP contribution in [-0.2, 0) is 0 Å². The smallest absolute Gasteiger partial charge is 0.223 e. The zero-order chi connectivity index (χ0) is 13.2. The van der Waals surface area contributed by atoms with E-state index in [0.717, 1.165) is 18.9 Å². The fourth-order valence-corrected chi connectivity index (χ4v) is 3.09. The van der Waals surface area contributed by atoms with E-state index < -0.39 is 0 Å². The molecular formula is C13H21ClN4. The summed E-state index contributed by atoms with van der Waals surface area (Å²) in [6.07, 6.45) is 4.94. The van der Waals surface area contributed by atoms with Crippen LogP contribution in [0.2, 0.25) is 5.15 Å². The van der Waals surface area contributed by atoms with Gasteiger partial charge in [0.25, 0.3) is 0 Å². The summed E-state index contributed by atoms with van der Waals surface area (Å²) < 4.78 is 0. The van der Waals surface area contributed by atoms with E-state index in [9.17, 15) is 0 Å². The summed E-state index contributed by atoms with van der Waals surface area (Å²) in [4.78, 5) is 10.5. The Balaban J connectivity index is 2.17. The second-order valence-electron chi connectivity index (χ2n) is 5.49. The Labute approximate surface area is 114 Å². The molecule has 0 amide bonds. The third-order valence-corrected chi connectivity index (χ3v) is 3.85. The maximum atomic E-state index is 5.94. The molecule has 0 radical (unpaired) electrons. The van der Waals surface area contributed by atoms with Gasteiger partial charge in [0.1, 0.15) is 11.0 Å². The van der Waals surface area contributed by atoms with E-state index in [1.165, 1.54) is 25.7 Å². The van der Waals surface area contributed by atoms with E-state index in [0.29, 0.717) is 10.6 Å². The van der Waals surface area contributed by atoms with Gasteiger partial charge >= 0.3 is 0 Å². The number of aromatic nitrogens is 2. The van der Waals surface area contributed by atoms with Crippen LogP contribution in [0.1, 0.15) is 39.5 Å². The molecule has 0 spiro atoms. The van der Waals surface area contributed by atoms with Crippen molar-refractivity contribution in [3.05, 3.63) is 11.2 Å². The van der Waals surface area contributed by atoms with Crippen molar-refractivity contribution in [3.8, 4) is 0 Å². The van der Waals surface area contributed by atoms with Crippen LogP contribution in [-0.4, -0.2) is 23.1 Å². The van der Waals surface area contributed by atoms with E-state index in [1.807, 2.05) is 0 Å². The number of halogens is 1. The Kier molecular flexibility index (Phi) is 3.95. The minimum atomic E-state index is 0.250. The van der Waals surface area contributed by atoms with Gasteiger partial charge in [0.05, 0.1) is 0 Å². The summed E-state index contributed by atoms with van der Waals surface area (Å²) in [5.74, 6) is 1.11. The molecule has 100 valence electrons. The topological polar surface area (TPSA) is 55.0 Å². The highest BCUT2D eigenvalue weighted by Gasteiger charge is 2.30. The van der Waals surface area contributed by atoms with Gasteiger partial charge in [-0.15, -0.1) is 0 Å². The molecule has 1 saturated heterocycles. The van der Waals surface area contributed by atoms with Crippen LogP contribution in [0.25, 0.3) is 0 Å². The molecule has 5 heteroatoms. The Hall–Kier alpha value is -1.03. The van der Waals surface area contributed by atoms with E-state index in [1.54, 1.807) is 6.07 Å². The lowest BCUT2D eigenvalue weighted by Gasteiger charge is -2.41. The van der Waals surface area contributed by atoms with Crippen molar-refractivity contribution in [3.63, 3.8) is 0 Å². The number of piperidine rings is 1. The Morgan fingerprint density at radius 3 is 2.94 bits per heavy atom. The van der Waals surface area contributed by atoms with Gasteiger partial charge in [-0.3, -0.25) is 0 Å². The second-order valence-corrected chi connectivity index (χ2v) is 5.88. The average Bonchev–Trinajstić information content (AvgIpc) is 2.27. The summed E-state index contributed by atoms with van der Waals surface area (Å²) in [6.45, 7) is 6.64. The average molecular weight is 269 g/mol. The first kappa shape index (κ1) is 13.4. The monoisotopic (exact) mass is 268 g/mol. The van der Waals surface area contributed by atoms with E-state index in [4.69, 9.17) is 17.3 Å². The molecule has 2 rings (SSSR count). The lowest BCUT2D eigenvalue weighted by Crippen LogP contribution is -2.42. The van der Waals surface area contributed by atoms with Crippen molar-refractivity contribution in [2.24, 2.45) is 5.41 Å². The summed E-state index contributed by atoms with van der Waals surface area (Å²) in [6, 6.07) is 1.80. The van der Waals surface area contributed by atoms with Gasteiger partial charge in [0.2, 0.25) is 5.95 Å². The van der Waals surface area contributed by atoms with Gasteiger partial charge in [-0.25, -0.2) is 4.98 Å². The molecular weight excluding hydrogens is 248 g/mol. The van der Waals surface area contributed by atoms with Gasteiger partial charge < -0.3 is 10.6 Å². The molecule has 0 bridgehead atoms. The van der Waals surface area contributed by atoms with Crippen LogP contribution in [0.5, 0.6) is 0 Å². The van der Waals surface area contributed by atoms with Crippen molar-refractivity contribution in [1.29, 1.82) is 0 Å². The van der Waals surface area contributed by atoms with Gasteiger partial charge in [-0.05, 0) is 24.7 Å². The first-order valence-corrected chi connectivity index (χ1v) is 6.95. The van der Waals surface area contributed by atoms with Crippen molar-refractivity contribution in [1.82, 2.24) is 9.97 Å². The maximum absolute atomic E-state index is 5.94. The molecule has 1 aliphatic rings. The minimum Gasteiger partial charge on any atom is -0.368 e. The van der Waals surface area contributed by atoms with E-state index in [-0.39, 0.29) is 5.95 Å². The Morgan fingerprint density at radius 1 is 1.50 bits per heavy atom. The summed E-state index contributed by atoms with van der Waals surface area (Å²) in [5.41, 5.74) is 6.03. The quantitative estimate of drug-likeness (QED) is 0.856. The molecule has 0 saturated carbocycles. The number of nitrogens with zero attached hydrogens (tertiary/aromatic N) is 3. The highest BCUT2D eigenvalue weighted by molar-refractivity contribution is 6.29. The number of hydrogen-bond donors (Lipinski definition) is 1. The van der Waals surface area contributed by atoms with Gasteiger partial charge in [0.15, 0.2) is 0 Å². The van der Waals surface area contributed by atoms with Crippen molar-refractivity contribution in [2.45, 2.75) is 39.5 Å². The molecule has 1 fully saturated rings. The van der Waals surface area contributed by atoms with Crippen LogP contribution in [0.3, 0.4) is 0 Å². The minimum absolute atomic E-state index is 0.250. The van der Waals surface area contributed by atoms with Crippen molar-refractivity contribution < 1.29 is 0 Å². The molecule has 1 aliphatic heterocycles. The third kappa shape index (κ3) is 3.05. The van der Waals surface area contributed by atoms with Crippen LogP contribution in [0.15, 0.2) is 6.07 Å². The van der Waals surface area contributed by atoms with Crippen LogP contribution in [0, 0.1) is 5.41 Å². The summed E-state index contributed by atoms with van der Waals surface area (Å²) >= 11 is 5.94. The number of rotatable bonds is 3. The highest BCUT2D eigenvalue weighted by atomic mass is 35.5. The Bertz CT molecular complexity index is 399. The lowest BCUT2D eigenvalue weighted by molar-refractivity contribution is 0.238. The van der Waals surface area contributed by atoms with Crippen molar-refractivity contribution in [2.75, 3.05) is 23.7 Å². The number of nitrogens with two attached hydrogens (primary N) is 1. The molecule has 0 aliphatic carbocycles. The Morgan fingerprint density at radius 2 is 2.28 bits per heavy atom. The van der Waals surface area contributed by atoms with Crippen LogP contribution < -0.4 is 10.6 Å². The molecule has 4 nitrogen and oxygen atoms in total. The number of nitrogen functional groups attached to an aromatic ring is 1. The summed E-state index contributed by atoms with van der Waals surface area (Å²) in [7, 11) is 0. The van der Waals surface area contributed by atoms with Gasteiger partial charge in [-0.1, -0.05) is 31.9 Å². The fourth-order valence-electron chi connectivity index (χ4n) is 2.90. The third-order valence-electron chi connectivity index (χ3n) is 3.66. The van der Waals surface area contributed by atoms with E-state index in [2.05, 4.69) is 28.7 Å². The highest BCUT2D eigenvalue weighted by Crippen LogP contribution is 2.35. The zero-order valence-electron chi connectivity index (χ0n) is 11.1. The standard InChI is InChI=1S/C13H21ClN4/c1-3-5-13(2)6-4-7-18(9-13)11-8-10(14)16-12(15)17-11/h8H,3-7,9H2,1-2H3,(H2,15,16,17). The second kappa shape index (κ2) is 5.31. The molecule has 18 heavy (non-hydrogen) atoms. The van der Waals surface area contributed by atoms with Crippen molar-refractivity contribution >= 4 is 23.4 Å². The maximum Gasteiger partial charge on any atom is 0.223 e. The van der Waals surface area contributed by atoms with Crippen LogP contribution in [0.4, 0.5) is 11.8 Å². The largest absolute Gasteiger partial charge is 0.368 e. The molecule has 1 unspecified atom stereocenters. The SMILES string of the molecule is CCCC1(C)CCCN(c2cc(Cl)nc(N)n2)C1. The van der Waals surface area contributed by atoms with E-state index >= 15 is 0 Å². The zero-order valence-corrected chi connectivity index (χ0v) is 11.9. The predicted octanol–water partition coefficient (Wildman–Crippen LogP) is 3.12. The van der Waals surface area contributed by atoms with Gasteiger partial charge in [0, 0.05) is 19.2 Å².